The Balaban J connectivity index is 2.12. The van der Waals surface area contributed by atoms with Crippen LogP contribution in [0.3, 0.4) is 0 Å². The van der Waals surface area contributed by atoms with Gasteiger partial charge in [0.05, 0.1) is 6.10 Å². The highest BCUT2D eigenvalue weighted by Crippen LogP contribution is 2.31. The molecule has 17 heavy (non-hydrogen) atoms. The Morgan fingerprint density at radius 2 is 2.29 bits per heavy atom. The Kier molecular flexibility index (Phi) is 4.00. The molecule has 0 aliphatic heterocycles. The minimum atomic E-state index is -0.416. The molecule has 1 fully saturated rings. The lowest BCUT2D eigenvalue weighted by Crippen LogP contribution is -2.27. The summed E-state index contributed by atoms with van der Waals surface area (Å²) in [6, 6.07) is 3.90. The molecular weight excluding hydrogens is 212 g/mol. The van der Waals surface area contributed by atoms with Crippen LogP contribution < -0.4 is 4.90 Å². The number of rotatable bonds is 6. The van der Waals surface area contributed by atoms with E-state index >= 15 is 0 Å². The van der Waals surface area contributed by atoms with Crippen molar-refractivity contribution >= 4 is 5.82 Å². The molecule has 3 heteroatoms. The fourth-order valence-corrected chi connectivity index (χ4v) is 2.05. The molecule has 1 aromatic rings. The van der Waals surface area contributed by atoms with E-state index < -0.39 is 6.10 Å². The molecule has 0 radical (unpaired) electrons. The standard InChI is InChI=1S/C14H22N2O/c1-3-8-16(10-12-4-5-12)14-9-13(11(2)17)6-7-15-14/h6-7,9,11-12,17H,3-5,8,10H2,1-2H3/t11-/m1/s1. The van der Waals surface area contributed by atoms with Crippen molar-refractivity contribution in [1.29, 1.82) is 0 Å². The van der Waals surface area contributed by atoms with Crippen LogP contribution in [0.1, 0.15) is 44.8 Å². The SMILES string of the molecule is CCCN(CC1CC1)c1cc([C@@H](C)O)ccn1. The van der Waals surface area contributed by atoms with Crippen LogP contribution in [-0.4, -0.2) is 23.2 Å². The van der Waals surface area contributed by atoms with E-state index in [1.54, 1.807) is 13.1 Å². The number of aliphatic hydroxyl groups excluding tert-OH is 1. The minimum absolute atomic E-state index is 0.416. The lowest BCUT2D eigenvalue weighted by Gasteiger charge is -2.23. The fourth-order valence-electron chi connectivity index (χ4n) is 2.05. The minimum Gasteiger partial charge on any atom is -0.389 e. The molecule has 0 spiro atoms. The Labute approximate surface area is 103 Å². The maximum absolute atomic E-state index is 9.61. The zero-order chi connectivity index (χ0) is 12.3. The number of aromatic nitrogens is 1. The monoisotopic (exact) mass is 234 g/mol. The van der Waals surface area contributed by atoms with Gasteiger partial charge in [-0.05, 0) is 49.8 Å². The van der Waals surface area contributed by atoms with Crippen LogP contribution in [0.25, 0.3) is 0 Å². The molecule has 1 aromatic heterocycles. The van der Waals surface area contributed by atoms with Gasteiger partial charge in [-0.3, -0.25) is 0 Å². The highest BCUT2D eigenvalue weighted by atomic mass is 16.3. The van der Waals surface area contributed by atoms with Crippen LogP contribution in [0.2, 0.25) is 0 Å². The Morgan fingerprint density at radius 1 is 1.53 bits per heavy atom. The molecule has 1 aliphatic carbocycles. The summed E-state index contributed by atoms with van der Waals surface area (Å²) in [7, 11) is 0. The molecule has 1 N–H and O–H groups in total. The Bertz CT molecular complexity index is 361. The third-order valence-corrected chi connectivity index (χ3v) is 3.24. The molecule has 0 aromatic carbocycles. The summed E-state index contributed by atoms with van der Waals surface area (Å²) in [5.74, 6) is 1.87. The molecule has 0 bridgehead atoms. The quantitative estimate of drug-likeness (QED) is 0.822. The summed E-state index contributed by atoms with van der Waals surface area (Å²) in [6.45, 7) is 6.15. The first-order valence-corrected chi connectivity index (χ1v) is 6.59. The van der Waals surface area contributed by atoms with E-state index in [1.807, 2.05) is 12.1 Å². The molecule has 2 rings (SSSR count). The van der Waals surface area contributed by atoms with Crippen molar-refractivity contribution in [2.75, 3.05) is 18.0 Å². The highest BCUT2D eigenvalue weighted by Gasteiger charge is 2.24. The zero-order valence-electron chi connectivity index (χ0n) is 10.8. The summed E-state index contributed by atoms with van der Waals surface area (Å²) in [4.78, 5) is 6.79. The van der Waals surface area contributed by atoms with E-state index in [1.165, 1.54) is 12.8 Å². The van der Waals surface area contributed by atoms with E-state index in [-0.39, 0.29) is 0 Å². The second-order valence-corrected chi connectivity index (χ2v) is 5.01. The number of anilines is 1. The first kappa shape index (κ1) is 12.4. The average Bonchev–Trinajstić information content (AvgIpc) is 3.12. The van der Waals surface area contributed by atoms with E-state index in [0.29, 0.717) is 0 Å². The van der Waals surface area contributed by atoms with Crippen molar-refractivity contribution in [3.8, 4) is 0 Å². The third-order valence-electron chi connectivity index (χ3n) is 3.24. The normalized spacial score (nSPS) is 16.9. The molecule has 3 nitrogen and oxygen atoms in total. The summed E-state index contributed by atoms with van der Waals surface area (Å²) >= 11 is 0. The number of hydrogen-bond acceptors (Lipinski definition) is 3. The maximum Gasteiger partial charge on any atom is 0.128 e. The third kappa shape index (κ3) is 3.43. The van der Waals surface area contributed by atoms with Gasteiger partial charge in [0.25, 0.3) is 0 Å². The fraction of sp³-hybridized carbons (Fsp3) is 0.643. The maximum atomic E-state index is 9.61. The molecule has 1 aliphatic rings. The van der Waals surface area contributed by atoms with Crippen molar-refractivity contribution in [2.24, 2.45) is 5.92 Å². The van der Waals surface area contributed by atoms with Crippen LogP contribution in [0, 0.1) is 5.92 Å². The first-order valence-electron chi connectivity index (χ1n) is 6.59. The van der Waals surface area contributed by atoms with Gasteiger partial charge in [0, 0.05) is 19.3 Å². The van der Waals surface area contributed by atoms with Gasteiger partial charge in [0.1, 0.15) is 5.82 Å². The van der Waals surface area contributed by atoms with E-state index in [9.17, 15) is 5.11 Å². The van der Waals surface area contributed by atoms with Gasteiger partial charge in [-0.25, -0.2) is 4.98 Å². The van der Waals surface area contributed by atoms with E-state index in [0.717, 1.165) is 36.8 Å². The van der Waals surface area contributed by atoms with Crippen LogP contribution >= 0.6 is 0 Å². The summed E-state index contributed by atoms with van der Waals surface area (Å²) in [5, 5.41) is 9.61. The van der Waals surface area contributed by atoms with Crippen LogP contribution in [0.4, 0.5) is 5.82 Å². The molecule has 0 amide bonds. The first-order chi connectivity index (χ1) is 8.20. The van der Waals surface area contributed by atoms with Crippen LogP contribution in [-0.2, 0) is 0 Å². The Morgan fingerprint density at radius 3 is 2.88 bits per heavy atom. The van der Waals surface area contributed by atoms with Crippen molar-refractivity contribution in [3.05, 3.63) is 23.9 Å². The van der Waals surface area contributed by atoms with Gasteiger partial charge >= 0.3 is 0 Å². The molecular formula is C14H22N2O. The molecule has 1 heterocycles. The van der Waals surface area contributed by atoms with Crippen molar-refractivity contribution < 1.29 is 5.11 Å². The summed E-state index contributed by atoms with van der Waals surface area (Å²) in [5.41, 5.74) is 0.951. The van der Waals surface area contributed by atoms with Crippen LogP contribution in [0.5, 0.6) is 0 Å². The van der Waals surface area contributed by atoms with Gasteiger partial charge in [-0.2, -0.15) is 0 Å². The van der Waals surface area contributed by atoms with Gasteiger partial charge < -0.3 is 10.0 Å². The van der Waals surface area contributed by atoms with Gasteiger partial charge in [0.2, 0.25) is 0 Å². The molecule has 94 valence electrons. The second kappa shape index (κ2) is 5.50. The highest BCUT2D eigenvalue weighted by molar-refractivity contribution is 5.41. The van der Waals surface area contributed by atoms with Gasteiger partial charge in [-0.15, -0.1) is 0 Å². The molecule has 0 unspecified atom stereocenters. The smallest absolute Gasteiger partial charge is 0.128 e. The van der Waals surface area contributed by atoms with Crippen molar-refractivity contribution in [2.45, 2.75) is 39.2 Å². The van der Waals surface area contributed by atoms with E-state index in [4.69, 9.17) is 0 Å². The molecule has 1 saturated carbocycles. The molecule has 1 atom stereocenters. The van der Waals surface area contributed by atoms with Crippen molar-refractivity contribution in [1.82, 2.24) is 4.98 Å². The summed E-state index contributed by atoms with van der Waals surface area (Å²) < 4.78 is 0. The lowest BCUT2D eigenvalue weighted by atomic mass is 10.1. The van der Waals surface area contributed by atoms with Gasteiger partial charge in [0.15, 0.2) is 0 Å². The van der Waals surface area contributed by atoms with Crippen LogP contribution in [0.15, 0.2) is 18.3 Å². The number of nitrogens with zero attached hydrogens (tertiary/aromatic N) is 2. The zero-order valence-corrected chi connectivity index (χ0v) is 10.8. The Hall–Kier alpha value is -1.09. The predicted octanol–water partition coefficient (Wildman–Crippen LogP) is 2.76. The topological polar surface area (TPSA) is 36.4 Å². The number of pyridine rings is 1. The predicted molar refractivity (Wildman–Crippen MR) is 70.1 cm³/mol. The lowest BCUT2D eigenvalue weighted by molar-refractivity contribution is 0.199. The second-order valence-electron chi connectivity index (χ2n) is 5.01. The average molecular weight is 234 g/mol. The van der Waals surface area contributed by atoms with Gasteiger partial charge in [-0.1, -0.05) is 6.92 Å². The van der Waals surface area contributed by atoms with Crippen molar-refractivity contribution in [3.63, 3.8) is 0 Å². The summed E-state index contributed by atoms with van der Waals surface area (Å²) in [6.07, 6.45) is 5.23. The van der Waals surface area contributed by atoms with E-state index in [2.05, 4.69) is 16.8 Å². The largest absolute Gasteiger partial charge is 0.389 e. The molecule has 0 saturated heterocycles. The number of aliphatic hydroxyl groups is 1. The number of hydrogen-bond donors (Lipinski definition) is 1.